The van der Waals surface area contributed by atoms with E-state index in [1.54, 1.807) is 16.8 Å². The molecule has 2 heterocycles. The summed E-state index contributed by atoms with van der Waals surface area (Å²) in [7, 11) is 0. The fraction of sp³-hybridized carbons (Fsp3) is 0.0833. The number of hydrogen-bond donors (Lipinski definition) is 1. The van der Waals surface area contributed by atoms with Gasteiger partial charge in [-0.1, -0.05) is 29.4 Å². The second-order valence-electron chi connectivity index (χ2n) is 3.85. The Morgan fingerprint density at radius 2 is 2.26 bits per heavy atom. The van der Waals surface area contributed by atoms with Crippen LogP contribution in [0.4, 0.5) is 0 Å². The minimum Gasteiger partial charge on any atom is -0.301 e. The molecular formula is C12H9ClN4OS. The van der Waals surface area contributed by atoms with Gasteiger partial charge in [0.15, 0.2) is 10.8 Å². The summed E-state index contributed by atoms with van der Waals surface area (Å²) in [5.74, 6) is 0. The number of aromatic nitrogens is 4. The summed E-state index contributed by atoms with van der Waals surface area (Å²) >= 11 is 7.34. The van der Waals surface area contributed by atoms with E-state index in [4.69, 9.17) is 11.6 Å². The summed E-state index contributed by atoms with van der Waals surface area (Å²) in [6.45, 7) is 0. The quantitative estimate of drug-likeness (QED) is 0.582. The smallest absolute Gasteiger partial charge is 0.262 e. The molecule has 96 valence electrons. The molecule has 5 nitrogen and oxygen atoms in total. The van der Waals surface area contributed by atoms with Crippen LogP contribution < -0.4 is 5.56 Å². The lowest BCUT2D eigenvalue weighted by atomic mass is 10.3. The maximum atomic E-state index is 11.9. The van der Waals surface area contributed by atoms with E-state index in [1.807, 2.05) is 18.4 Å². The van der Waals surface area contributed by atoms with Crippen molar-refractivity contribution in [2.75, 3.05) is 6.26 Å². The van der Waals surface area contributed by atoms with E-state index in [2.05, 4.69) is 15.1 Å². The summed E-state index contributed by atoms with van der Waals surface area (Å²) < 4.78 is 1.61. The predicted octanol–water partition coefficient (Wildman–Crippen LogP) is 2.48. The van der Waals surface area contributed by atoms with Gasteiger partial charge in [0.1, 0.15) is 5.39 Å². The highest BCUT2D eigenvalue weighted by molar-refractivity contribution is 7.98. The van der Waals surface area contributed by atoms with Crippen LogP contribution in [0.1, 0.15) is 0 Å². The minimum absolute atomic E-state index is 0.192. The zero-order valence-corrected chi connectivity index (χ0v) is 11.5. The molecule has 19 heavy (non-hydrogen) atoms. The van der Waals surface area contributed by atoms with Crippen molar-refractivity contribution in [1.29, 1.82) is 0 Å². The Labute approximate surface area is 117 Å². The molecule has 3 aromatic rings. The molecule has 1 N–H and O–H groups in total. The molecule has 0 saturated carbocycles. The molecule has 0 radical (unpaired) electrons. The number of thioether (sulfide) groups is 1. The fourth-order valence-electron chi connectivity index (χ4n) is 1.79. The van der Waals surface area contributed by atoms with Crippen LogP contribution in [0.2, 0.25) is 5.02 Å². The first kappa shape index (κ1) is 12.3. The molecule has 0 aliphatic carbocycles. The summed E-state index contributed by atoms with van der Waals surface area (Å²) in [6, 6.07) is 7.24. The van der Waals surface area contributed by atoms with E-state index in [0.29, 0.717) is 21.2 Å². The lowest BCUT2D eigenvalue weighted by Crippen LogP contribution is -2.09. The lowest BCUT2D eigenvalue weighted by Gasteiger charge is -2.03. The highest BCUT2D eigenvalue weighted by Gasteiger charge is 2.11. The molecule has 0 aliphatic rings. The molecule has 2 aromatic heterocycles. The number of H-pyrrole nitrogens is 1. The van der Waals surface area contributed by atoms with Gasteiger partial charge < -0.3 is 4.98 Å². The maximum absolute atomic E-state index is 11.9. The second-order valence-corrected chi connectivity index (χ2v) is 5.08. The van der Waals surface area contributed by atoms with Crippen molar-refractivity contribution in [2.45, 2.75) is 5.16 Å². The monoisotopic (exact) mass is 292 g/mol. The Balaban J connectivity index is 2.30. The molecule has 7 heteroatoms. The summed E-state index contributed by atoms with van der Waals surface area (Å²) in [4.78, 5) is 19.0. The third-order valence-electron chi connectivity index (χ3n) is 2.66. The van der Waals surface area contributed by atoms with Crippen LogP contribution in [0.25, 0.3) is 16.7 Å². The normalized spacial score (nSPS) is 11.1. The van der Waals surface area contributed by atoms with Gasteiger partial charge in [-0.15, -0.1) is 0 Å². The number of nitrogens with one attached hydrogen (secondary N) is 1. The Hall–Kier alpha value is -1.79. The van der Waals surface area contributed by atoms with Gasteiger partial charge in [-0.25, -0.2) is 9.67 Å². The van der Waals surface area contributed by atoms with Gasteiger partial charge in [0.25, 0.3) is 5.56 Å². The Morgan fingerprint density at radius 1 is 1.42 bits per heavy atom. The largest absolute Gasteiger partial charge is 0.301 e. The van der Waals surface area contributed by atoms with Crippen LogP contribution in [0.15, 0.2) is 40.4 Å². The van der Waals surface area contributed by atoms with E-state index >= 15 is 0 Å². The molecule has 0 amide bonds. The van der Waals surface area contributed by atoms with Gasteiger partial charge in [0, 0.05) is 5.02 Å². The molecular weight excluding hydrogens is 284 g/mol. The first-order valence-corrected chi connectivity index (χ1v) is 7.07. The van der Waals surface area contributed by atoms with E-state index in [9.17, 15) is 4.79 Å². The van der Waals surface area contributed by atoms with Crippen LogP contribution in [0.5, 0.6) is 0 Å². The number of hydrogen-bond acceptors (Lipinski definition) is 4. The zero-order valence-electron chi connectivity index (χ0n) is 9.92. The molecule has 1 aromatic carbocycles. The van der Waals surface area contributed by atoms with E-state index < -0.39 is 0 Å². The van der Waals surface area contributed by atoms with Crippen molar-refractivity contribution in [2.24, 2.45) is 0 Å². The number of benzene rings is 1. The number of nitrogens with zero attached hydrogens (tertiary/aromatic N) is 3. The standard InChI is InChI=1S/C12H9ClN4OS/c1-19-12-15-10-9(11(18)16-12)6-14-17(10)8-4-2-3-7(13)5-8/h2-6H,1H3,(H,15,16,18). The zero-order chi connectivity index (χ0) is 13.4. The minimum atomic E-state index is -0.192. The molecule has 0 fully saturated rings. The Morgan fingerprint density at radius 3 is 3.00 bits per heavy atom. The van der Waals surface area contributed by atoms with Crippen molar-refractivity contribution >= 4 is 34.4 Å². The second kappa shape index (κ2) is 4.71. The average Bonchev–Trinajstić information content (AvgIpc) is 2.83. The first-order chi connectivity index (χ1) is 9.19. The van der Waals surface area contributed by atoms with Gasteiger partial charge in [-0.2, -0.15) is 5.10 Å². The van der Waals surface area contributed by atoms with Crippen LogP contribution in [-0.2, 0) is 0 Å². The third-order valence-corrected chi connectivity index (χ3v) is 3.48. The number of halogens is 1. The van der Waals surface area contributed by atoms with Gasteiger partial charge in [0.2, 0.25) is 0 Å². The van der Waals surface area contributed by atoms with Crippen molar-refractivity contribution in [3.05, 3.63) is 45.8 Å². The lowest BCUT2D eigenvalue weighted by molar-refractivity contribution is 0.873. The van der Waals surface area contributed by atoms with Crippen molar-refractivity contribution in [3.63, 3.8) is 0 Å². The SMILES string of the molecule is CSc1nc2c(cnn2-c2cccc(Cl)c2)c(=O)[nH]1. The maximum Gasteiger partial charge on any atom is 0.262 e. The van der Waals surface area contributed by atoms with Crippen LogP contribution >= 0.6 is 23.4 Å². The van der Waals surface area contributed by atoms with E-state index in [0.717, 1.165) is 5.69 Å². The summed E-state index contributed by atoms with van der Waals surface area (Å²) in [5, 5.41) is 5.83. The Kier molecular flexibility index (Phi) is 3.04. The highest BCUT2D eigenvalue weighted by atomic mass is 35.5. The molecule has 3 rings (SSSR count). The van der Waals surface area contributed by atoms with Crippen molar-refractivity contribution in [3.8, 4) is 5.69 Å². The molecule has 0 bridgehead atoms. The van der Waals surface area contributed by atoms with Crippen molar-refractivity contribution < 1.29 is 0 Å². The van der Waals surface area contributed by atoms with E-state index in [-0.39, 0.29) is 5.56 Å². The third kappa shape index (κ3) is 2.13. The Bertz CT molecular complexity index is 811. The van der Waals surface area contributed by atoms with Crippen LogP contribution in [-0.4, -0.2) is 26.0 Å². The summed E-state index contributed by atoms with van der Waals surface area (Å²) in [6.07, 6.45) is 3.36. The predicted molar refractivity (Wildman–Crippen MR) is 76.3 cm³/mol. The van der Waals surface area contributed by atoms with Gasteiger partial charge in [0.05, 0.1) is 11.9 Å². The van der Waals surface area contributed by atoms with Gasteiger partial charge in [-0.3, -0.25) is 4.79 Å². The van der Waals surface area contributed by atoms with E-state index in [1.165, 1.54) is 18.0 Å². The molecule has 0 spiro atoms. The molecule has 0 saturated heterocycles. The topological polar surface area (TPSA) is 63.6 Å². The average molecular weight is 293 g/mol. The molecule has 0 unspecified atom stereocenters. The van der Waals surface area contributed by atoms with Gasteiger partial charge >= 0.3 is 0 Å². The molecule has 0 aliphatic heterocycles. The number of fused-ring (bicyclic) bond motifs is 1. The van der Waals surface area contributed by atoms with Crippen LogP contribution in [0.3, 0.4) is 0 Å². The number of aromatic amines is 1. The highest BCUT2D eigenvalue weighted by Crippen LogP contribution is 2.18. The van der Waals surface area contributed by atoms with Crippen molar-refractivity contribution in [1.82, 2.24) is 19.7 Å². The van der Waals surface area contributed by atoms with Gasteiger partial charge in [-0.05, 0) is 24.5 Å². The summed E-state index contributed by atoms with van der Waals surface area (Å²) in [5.41, 5.74) is 1.10. The first-order valence-electron chi connectivity index (χ1n) is 5.47. The number of rotatable bonds is 2. The molecule has 0 atom stereocenters. The fourth-order valence-corrected chi connectivity index (χ4v) is 2.35. The van der Waals surface area contributed by atoms with Crippen LogP contribution in [0, 0.1) is 0 Å².